The van der Waals surface area contributed by atoms with Gasteiger partial charge >= 0.3 is 0 Å². The topological polar surface area (TPSA) is 75.4 Å². The molecule has 2 heterocycles. The molecule has 1 atom stereocenters. The summed E-state index contributed by atoms with van der Waals surface area (Å²) in [5.41, 5.74) is 5.26. The minimum Gasteiger partial charge on any atom is -0.369 e. The molecule has 2 rings (SSSR count). The summed E-state index contributed by atoms with van der Waals surface area (Å²) in [6, 6.07) is 0. The highest BCUT2D eigenvalue weighted by Crippen LogP contribution is 2.21. The van der Waals surface area contributed by atoms with Gasteiger partial charge in [0.1, 0.15) is 0 Å². The van der Waals surface area contributed by atoms with E-state index in [0.717, 1.165) is 32.4 Å². The van der Waals surface area contributed by atoms with Crippen LogP contribution in [0.15, 0.2) is 0 Å². The van der Waals surface area contributed by atoms with Gasteiger partial charge in [0, 0.05) is 19.5 Å². The lowest BCUT2D eigenvalue weighted by Crippen LogP contribution is -2.35. The maximum Gasteiger partial charge on any atom is 0.222 e. The molecular formula is C12H21N3O2. The Balaban J connectivity index is 1.78. The van der Waals surface area contributed by atoms with E-state index >= 15 is 0 Å². The van der Waals surface area contributed by atoms with Crippen molar-refractivity contribution >= 4 is 11.8 Å². The van der Waals surface area contributed by atoms with Crippen molar-refractivity contribution in [3.05, 3.63) is 0 Å². The van der Waals surface area contributed by atoms with E-state index in [2.05, 4.69) is 5.32 Å². The first-order chi connectivity index (χ1) is 8.16. The lowest BCUT2D eigenvalue weighted by molar-refractivity contribution is -0.131. The van der Waals surface area contributed by atoms with Gasteiger partial charge in [-0.3, -0.25) is 9.59 Å². The SMILES string of the molecule is NC(=O)C1CCN(C(=O)CC2CCNCC2)C1. The standard InChI is InChI=1S/C12H21N3O2/c13-12(17)10-3-6-15(8-10)11(16)7-9-1-4-14-5-2-9/h9-10,14H,1-8H2,(H2,13,17). The Morgan fingerprint density at radius 1 is 1.24 bits per heavy atom. The van der Waals surface area contributed by atoms with Crippen LogP contribution in [0.3, 0.4) is 0 Å². The molecule has 0 aliphatic carbocycles. The number of nitrogens with zero attached hydrogens (tertiary/aromatic N) is 1. The molecule has 0 radical (unpaired) electrons. The van der Waals surface area contributed by atoms with Crippen molar-refractivity contribution in [3.63, 3.8) is 0 Å². The zero-order valence-electron chi connectivity index (χ0n) is 10.2. The predicted octanol–water partition coefficient (Wildman–Crippen LogP) is -0.290. The fourth-order valence-electron chi connectivity index (χ4n) is 2.68. The molecule has 0 saturated carbocycles. The summed E-state index contributed by atoms with van der Waals surface area (Å²) in [4.78, 5) is 24.9. The van der Waals surface area contributed by atoms with Crippen molar-refractivity contribution in [1.29, 1.82) is 0 Å². The van der Waals surface area contributed by atoms with Crippen LogP contribution in [0.2, 0.25) is 0 Å². The van der Waals surface area contributed by atoms with Crippen molar-refractivity contribution in [2.45, 2.75) is 25.7 Å². The normalized spacial score (nSPS) is 26.1. The fourth-order valence-corrected chi connectivity index (χ4v) is 2.68. The Kier molecular flexibility index (Phi) is 3.99. The van der Waals surface area contributed by atoms with Crippen LogP contribution in [0.4, 0.5) is 0 Å². The summed E-state index contributed by atoms with van der Waals surface area (Å²) < 4.78 is 0. The van der Waals surface area contributed by atoms with Gasteiger partial charge in [0.2, 0.25) is 11.8 Å². The lowest BCUT2D eigenvalue weighted by atomic mass is 9.94. The number of carbonyl (C=O) groups is 2. The summed E-state index contributed by atoms with van der Waals surface area (Å²) >= 11 is 0. The van der Waals surface area contributed by atoms with E-state index in [0.29, 0.717) is 25.4 Å². The zero-order chi connectivity index (χ0) is 12.3. The number of nitrogens with one attached hydrogen (secondary N) is 1. The van der Waals surface area contributed by atoms with Gasteiger partial charge in [-0.15, -0.1) is 0 Å². The van der Waals surface area contributed by atoms with E-state index < -0.39 is 0 Å². The molecule has 2 saturated heterocycles. The number of primary amides is 1. The van der Waals surface area contributed by atoms with Gasteiger partial charge in [-0.2, -0.15) is 0 Å². The third kappa shape index (κ3) is 3.19. The second-order valence-electron chi connectivity index (χ2n) is 5.13. The summed E-state index contributed by atoms with van der Waals surface area (Å²) in [6.45, 7) is 3.25. The molecule has 1 unspecified atom stereocenters. The molecule has 5 nitrogen and oxygen atoms in total. The molecule has 2 aliphatic heterocycles. The highest BCUT2D eigenvalue weighted by atomic mass is 16.2. The molecule has 0 bridgehead atoms. The maximum absolute atomic E-state index is 12.0. The van der Waals surface area contributed by atoms with E-state index in [1.165, 1.54) is 0 Å². The van der Waals surface area contributed by atoms with Gasteiger partial charge in [-0.05, 0) is 38.3 Å². The van der Waals surface area contributed by atoms with Crippen molar-refractivity contribution in [2.24, 2.45) is 17.6 Å². The van der Waals surface area contributed by atoms with Gasteiger partial charge < -0.3 is 16.0 Å². The van der Waals surface area contributed by atoms with E-state index in [9.17, 15) is 9.59 Å². The summed E-state index contributed by atoms with van der Waals surface area (Å²) in [6.07, 6.45) is 3.53. The number of rotatable bonds is 3. The van der Waals surface area contributed by atoms with Crippen molar-refractivity contribution < 1.29 is 9.59 Å². The van der Waals surface area contributed by atoms with Gasteiger partial charge in [0.15, 0.2) is 0 Å². The monoisotopic (exact) mass is 239 g/mol. The van der Waals surface area contributed by atoms with Gasteiger partial charge in [0.05, 0.1) is 5.92 Å². The van der Waals surface area contributed by atoms with E-state index in [-0.39, 0.29) is 17.7 Å². The first-order valence-electron chi connectivity index (χ1n) is 6.44. The number of carbonyl (C=O) groups excluding carboxylic acids is 2. The first-order valence-corrected chi connectivity index (χ1v) is 6.44. The van der Waals surface area contributed by atoms with Crippen LogP contribution in [0.5, 0.6) is 0 Å². The van der Waals surface area contributed by atoms with Crippen LogP contribution >= 0.6 is 0 Å². The number of amides is 2. The molecule has 5 heteroatoms. The Morgan fingerprint density at radius 2 is 1.94 bits per heavy atom. The molecule has 2 aliphatic rings. The first kappa shape index (κ1) is 12.4. The summed E-state index contributed by atoms with van der Waals surface area (Å²) in [5.74, 6) is 0.297. The van der Waals surface area contributed by atoms with E-state index in [4.69, 9.17) is 5.73 Å². The number of piperidine rings is 1. The Bertz CT molecular complexity index is 300. The molecular weight excluding hydrogens is 218 g/mol. The number of hydrogen-bond acceptors (Lipinski definition) is 3. The Hall–Kier alpha value is -1.10. The summed E-state index contributed by atoms with van der Waals surface area (Å²) in [7, 11) is 0. The summed E-state index contributed by atoms with van der Waals surface area (Å²) in [5, 5.41) is 3.29. The van der Waals surface area contributed by atoms with Crippen molar-refractivity contribution in [3.8, 4) is 0 Å². The van der Waals surface area contributed by atoms with Crippen LogP contribution in [0, 0.1) is 11.8 Å². The van der Waals surface area contributed by atoms with E-state index in [1.54, 1.807) is 4.90 Å². The quantitative estimate of drug-likeness (QED) is 0.710. The highest BCUT2D eigenvalue weighted by Gasteiger charge is 2.30. The fraction of sp³-hybridized carbons (Fsp3) is 0.833. The van der Waals surface area contributed by atoms with Crippen LogP contribution < -0.4 is 11.1 Å². The Labute approximate surface area is 102 Å². The Morgan fingerprint density at radius 3 is 2.53 bits per heavy atom. The molecule has 2 fully saturated rings. The molecule has 96 valence electrons. The minimum atomic E-state index is -0.276. The number of nitrogens with two attached hydrogens (primary N) is 1. The van der Waals surface area contributed by atoms with Crippen molar-refractivity contribution in [2.75, 3.05) is 26.2 Å². The molecule has 17 heavy (non-hydrogen) atoms. The average molecular weight is 239 g/mol. The second kappa shape index (κ2) is 5.49. The van der Waals surface area contributed by atoms with Crippen LogP contribution in [0.25, 0.3) is 0 Å². The minimum absolute atomic E-state index is 0.132. The van der Waals surface area contributed by atoms with Crippen LogP contribution in [-0.2, 0) is 9.59 Å². The third-order valence-electron chi connectivity index (χ3n) is 3.87. The molecule has 0 aromatic heterocycles. The van der Waals surface area contributed by atoms with Crippen molar-refractivity contribution in [1.82, 2.24) is 10.2 Å². The molecule has 3 N–H and O–H groups in total. The second-order valence-corrected chi connectivity index (χ2v) is 5.13. The average Bonchev–Trinajstić information content (AvgIpc) is 2.79. The van der Waals surface area contributed by atoms with Gasteiger partial charge in [-0.25, -0.2) is 0 Å². The third-order valence-corrected chi connectivity index (χ3v) is 3.87. The van der Waals surface area contributed by atoms with Crippen LogP contribution in [-0.4, -0.2) is 42.9 Å². The highest BCUT2D eigenvalue weighted by molar-refractivity contribution is 5.81. The largest absolute Gasteiger partial charge is 0.369 e. The van der Waals surface area contributed by atoms with Crippen LogP contribution in [0.1, 0.15) is 25.7 Å². The molecule has 2 amide bonds. The van der Waals surface area contributed by atoms with E-state index in [1.807, 2.05) is 0 Å². The maximum atomic E-state index is 12.0. The molecule has 0 aromatic rings. The number of hydrogen-bond donors (Lipinski definition) is 2. The molecule has 0 aromatic carbocycles. The number of likely N-dealkylation sites (tertiary alicyclic amines) is 1. The van der Waals surface area contributed by atoms with Gasteiger partial charge in [-0.1, -0.05) is 0 Å². The lowest BCUT2D eigenvalue weighted by Gasteiger charge is -2.24. The zero-order valence-corrected chi connectivity index (χ0v) is 10.2. The smallest absolute Gasteiger partial charge is 0.222 e. The van der Waals surface area contributed by atoms with Gasteiger partial charge in [0.25, 0.3) is 0 Å². The molecule has 0 spiro atoms. The predicted molar refractivity (Wildman–Crippen MR) is 64.1 cm³/mol.